The number of nitrogens with zero attached hydrogens (tertiary/aromatic N) is 2. The molecule has 0 saturated carbocycles. The number of hydrogen-bond donors (Lipinski definition) is 2. The lowest BCUT2D eigenvalue weighted by atomic mass is 9.95. The van der Waals surface area contributed by atoms with Gasteiger partial charge in [0, 0.05) is 22.8 Å². The molecular weight excluding hydrogens is 474 g/mol. The van der Waals surface area contributed by atoms with Gasteiger partial charge < -0.3 is 15.2 Å². The molecule has 0 aliphatic heterocycles. The predicted octanol–water partition coefficient (Wildman–Crippen LogP) is 6.41. The number of carbonyl (C=O) groups excluding carboxylic acids is 1. The van der Waals surface area contributed by atoms with Crippen LogP contribution in [0.5, 0.6) is 5.75 Å². The van der Waals surface area contributed by atoms with Crippen LogP contribution >= 0.6 is 11.3 Å². The topological polar surface area (TPSA) is 101 Å². The number of aliphatic carboxylic acids is 1. The molecule has 2 heterocycles. The van der Waals surface area contributed by atoms with Crippen LogP contribution in [0.4, 0.5) is 0 Å². The summed E-state index contributed by atoms with van der Waals surface area (Å²) >= 11 is 1.35. The van der Waals surface area contributed by atoms with Crippen molar-refractivity contribution >= 4 is 23.2 Å². The number of hydrogen-bond acceptors (Lipinski definition) is 6. The SMILES string of the molecule is CCCCCCCOc1ccc(-c2cnc(C(NC(=O)c3ccc(C(C)(C)C)s3)C(=O)O)nc2)cc1. The molecule has 2 N–H and O–H groups in total. The van der Waals surface area contributed by atoms with Gasteiger partial charge in [0.15, 0.2) is 11.9 Å². The van der Waals surface area contributed by atoms with Crippen LogP contribution in [-0.4, -0.2) is 33.6 Å². The lowest BCUT2D eigenvalue weighted by molar-refractivity contribution is -0.139. The zero-order valence-corrected chi connectivity index (χ0v) is 22.2. The maximum atomic E-state index is 12.7. The molecule has 0 radical (unpaired) electrons. The molecule has 0 saturated heterocycles. The molecule has 0 aliphatic carbocycles. The standard InChI is InChI=1S/C28H35N3O4S/c1-5-6-7-8-9-16-35-21-12-10-19(11-13-21)20-17-29-25(30-18-20)24(27(33)34)31-26(32)22-14-15-23(36-22)28(2,3)4/h10-15,17-18,24H,5-9,16H2,1-4H3,(H,31,32)(H,33,34). The first-order valence-corrected chi connectivity index (χ1v) is 13.2. The molecule has 8 heteroatoms. The Morgan fingerprint density at radius 2 is 1.64 bits per heavy atom. The highest BCUT2D eigenvalue weighted by atomic mass is 32.1. The minimum absolute atomic E-state index is 0.0234. The number of unbranched alkanes of at least 4 members (excludes halogenated alkanes) is 4. The summed E-state index contributed by atoms with van der Waals surface area (Å²) in [6, 6.07) is 9.91. The van der Waals surface area contributed by atoms with E-state index in [4.69, 9.17) is 4.74 Å². The molecule has 36 heavy (non-hydrogen) atoms. The van der Waals surface area contributed by atoms with Crippen molar-refractivity contribution in [2.24, 2.45) is 0 Å². The average Bonchev–Trinajstić information content (AvgIpc) is 3.36. The van der Waals surface area contributed by atoms with Gasteiger partial charge in [-0.05, 0) is 41.7 Å². The van der Waals surface area contributed by atoms with Gasteiger partial charge in [-0.15, -0.1) is 11.3 Å². The largest absolute Gasteiger partial charge is 0.494 e. The smallest absolute Gasteiger partial charge is 0.334 e. The molecule has 1 amide bonds. The Bertz CT molecular complexity index is 1130. The highest BCUT2D eigenvalue weighted by Gasteiger charge is 2.27. The van der Waals surface area contributed by atoms with Gasteiger partial charge in [-0.3, -0.25) is 4.79 Å². The third kappa shape index (κ3) is 7.62. The van der Waals surface area contributed by atoms with Gasteiger partial charge in [-0.2, -0.15) is 0 Å². The number of carboxylic acids is 1. The maximum absolute atomic E-state index is 12.7. The molecule has 0 bridgehead atoms. The summed E-state index contributed by atoms with van der Waals surface area (Å²) in [7, 11) is 0. The third-order valence-corrected chi connectivity index (χ3v) is 7.24. The van der Waals surface area contributed by atoms with Crippen molar-refractivity contribution in [2.75, 3.05) is 6.61 Å². The second-order valence-corrected chi connectivity index (χ2v) is 10.9. The number of benzene rings is 1. The fourth-order valence-electron chi connectivity index (χ4n) is 3.58. The van der Waals surface area contributed by atoms with Crippen molar-refractivity contribution in [1.29, 1.82) is 0 Å². The van der Waals surface area contributed by atoms with E-state index in [2.05, 4.69) is 43.0 Å². The second-order valence-electron chi connectivity index (χ2n) is 9.78. The van der Waals surface area contributed by atoms with Crippen LogP contribution in [0, 0.1) is 0 Å². The van der Waals surface area contributed by atoms with E-state index in [1.165, 1.54) is 37.0 Å². The Morgan fingerprint density at radius 3 is 2.22 bits per heavy atom. The lowest BCUT2D eigenvalue weighted by Crippen LogP contribution is -2.34. The quantitative estimate of drug-likeness (QED) is 0.274. The highest BCUT2D eigenvalue weighted by molar-refractivity contribution is 7.14. The van der Waals surface area contributed by atoms with Crippen LogP contribution in [0.3, 0.4) is 0 Å². The van der Waals surface area contributed by atoms with E-state index in [-0.39, 0.29) is 11.2 Å². The first-order valence-electron chi connectivity index (χ1n) is 12.4. The normalized spacial score (nSPS) is 12.2. The van der Waals surface area contributed by atoms with Crippen LogP contribution in [0.1, 0.15) is 86.2 Å². The van der Waals surface area contributed by atoms with Crippen molar-refractivity contribution in [3.63, 3.8) is 0 Å². The number of amides is 1. The Labute approximate surface area is 217 Å². The summed E-state index contributed by atoms with van der Waals surface area (Å²) in [5, 5.41) is 12.2. The van der Waals surface area contributed by atoms with Gasteiger partial charge in [0.2, 0.25) is 0 Å². The van der Waals surface area contributed by atoms with E-state index in [1.54, 1.807) is 18.5 Å². The van der Waals surface area contributed by atoms with Gasteiger partial charge in [0.25, 0.3) is 5.91 Å². The Morgan fingerprint density at radius 1 is 0.972 bits per heavy atom. The van der Waals surface area contributed by atoms with Crippen molar-refractivity contribution in [2.45, 2.75) is 71.3 Å². The number of aromatic nitrogens is 2. The molecule has 0 spiro atoms. The summed E-state index contributed by atoms with van der Waals surface area (Å²) < 4.78 is 5.81. The Kier molecular flexibility index (Phi) is 9.58. The number of ether oxygens (including phenoxy) is 1. The second kappa shape index (κ2) is 12.6. The van der Waals surface area contributed by atoms with E-state index in [0.717, 1.165) is 28.2 Å². The molecule has 1 atom stereocenters. The molecule has 7 nitrogen and oxygen atoms in total. The number of rotatable bonds is 12. The van der Waals surface area contributed by atoms with E-state index in [9.17, 15) is 14.7 Å². The minimum atomic E-state index is -1.35. The molecule has 2 aromatic heterocycles. The number of carbonyl (C=O) groups is 2. The Hall–Kier alpha value is -3.26. The summed E-state index contributed by atoms with van der Waals surface area (Å²) in [5.41, 5.74) is 1.54. The lowest BCUT2D eigenvalue weighted by Gasteiger charge is -2.15. The number of nitrogens with one attached hydrogen (secondary N) is 1. The van der Waals surface area contributed by atoms with E-state index < -0.39 is 17.9 Å². The summed E-state index contributed by atoms with van der Waals surface area (Å²) in [5.74, 6) is -0.852. The molecule has 1 unspecified atom stereocenters. The van der Waals surface area contributed by atoms with Crippen molar-refractivity contribution in [3.05, 3.63) is 64.4 Å². The van der Waals surface area contributed by atoms with E-state index in [0.29, 0.717) is 11.5 Å². The molecule has 192 valence electrons. The van der Waals surface area contributed by atoms with Gasteiger partial charge in [-0.1, -0.05) is 65.5 Å². The summed E-state index contributed by atoms with van der Waals surface area (Å²) in [6.07, 6.45) is 9.09. The fraction of sp³-hybridized carbons (Fsp3) is 0.429. The molecule has 0 aliphatic rings. The van der Waals surface area contributed by atoms with Gasteiger partial charge in [0.1, 0.15) is 5.75 Å². The summed E-state index contributed by atoms with van der Waals surface area (Å²) in [6.45, 7) is 9.09. The highest BCUT2D eigenvalue weighted by Crippen LogP contribution is 2.30. The molecule has 3 rings (SSSR count). The van der Waals surface area contributed by atoms with Gasteiger partial charge >= 0.3 is 5.97 Å². The van der Waals surface area contributed by atoms with E-state index in [1.807, 2.05) is 30.3 Å². The monoisotopic (exact) mass is 509 g/mol. The first-order chi connectivity index (χ1) is 17.2. The van der Waals surface area contributed by atoms with Gasteiger partial charge in [0.05, 0.1) is 11.5 Å². The molecular formula is C28H35N3O4S. The molecule has 1 aromatic carbocycles. The van der Waals surface area contributed by atoms with Crippen molar-refractivity contribution < 1.29 is 19.4 Å². The van der Waals surface area contributed by atoms with Crippen molar-refractivity contribution in [1.82, 2.24) is 15.3 Å². The van der Waals surface area contributed by atoms with Crippen LogP contribution in [-0.2, 0) is 10.2 Å². The van der Waals surface area contributed by atoms with E-state index >= 15 is 0 Å². The van der Waals surface area contributed by atoms with Crippen molar-refractivity contribution in [3.8, 4) is 16.9 Å². The maximum Gasteiger partial charge on any atom is 0.334 e. The fourth-order valence-corrected chi connectivity index (χ4v) is 4.54. The van der Waals surface area contributed by atoms with Gasteiger partial charge in [-0.25, -0.2) is 14.8 Å². The molecule has 3 aromatic rings. The average molecular weight is 510 g/mol. The Balaban J connectivity index is 1.61. The molecule has 0 fully saturated rings. The van der Waals surface area contributed by atoms with Crippen LogP contribution in [0.15, 0.2) is 48.8 Å². The third-order valence-electron chi connectivity index (χ3n) is 5.73. The predicted molar refractivity (Wildman–Crippen MR) is 143 cm³/mol. The first kappa shape index (κ1) is 27.3. The zero-order valence-electron chi connectivity index (χ0n) is 21.4. The van der Waals surface area contributed by atoms with Crippen LogP contribution in [0.2, 0.25) is 0 Å². The van der Waals surface area contributed by atoms with Crippen LogP contribution in [0.25, 0.3) is 11.1 Å². The summed E-state index contributed by atoms with van der Waals surface area (Å²) in [4.78, 5) is 34.6. The number of thiophene rings is 1. The zero-order chi connectivity index (χ0) is 26.1. The number of carboxylic acid groups (broad SMARTS) is 1. The minimum Gasteiger partial charge on any atom is -0.494 e. The van der Waals surface area contributed by atoms with Crippen LogP contribution < -0.4 is 10.1 Å².